The summed E-state index contributed by atoms with van der Waals surface area (Å²) in [5, 5.41) is 12.8. The Morgan fingerprint density at radius 2 is 2.19 bits per heavy atom. The predicted octanol–water partition coefficient (Wildman–Crippen LogP) is 0.617. The molecule has 16 heavy (non-hydrogen) atoms. The highest BCUT2D eigenvalue weighted by molar-refractivity contribution is 5.44. The van der Waals surface area contributed by atoms with Crippen LogP contribution in [0.4, 0.5) is 11.6 Å². The Bertz CT molecular complexity index is 351. The molecule has 0 bridgehead atoms. The molecule has 0 aliphatic carbocycles. The SMILES string of the molecule is Nc1cccc(NC2(CO)CCOCC2)n1. The fourth-order valence-electron chi connectivity index (χ4n) is 1.88. The zero-order chi connectivity index (χ0) is 11.4. The number of ether oxygens (including phenoxy) is 1. The molecular weight excluding hydrogens is 206 g/mol. The summed E-state index contributed by atoms with van der Waals surface area (Å²) < 4.78 is 5.29. The average molecular weight is 223 g/mol. The first kappa shape index (κ1) is 11.2. The second kappa shape index (κ2) is 4.67. The van der Waals surface area contributed by atoms with E-state index < -0.39 is 0 Å². The second-order valence-corrected chi connectivity index (χ2v) is 4.12. The molecule has 4 N–H and O–H groups in total. The van der Waals surface area contributed by atoms with Crippen LogP contribution >= 0.6 is 0 Å². The van der Waals surface area contributed by atoms with Gasteiger partial charge in [-0.05, 0) is 25.0 Å². The summed E-state index contributed by atoms with van der Waals surface area (Å²) in [5.41, 5.74) is 5.29. The molecule has 1 aliphatic rings. The van der Waals surface area contributed by atoms with Crippen molar-refractivity contribution in [3.05, 3.63) is 18.2 Å². The molecule has 1 aromatic rings. The van der Waals surface area contributed by atoms with Crippen LogP contribution in [-0.4, -0.2) is 35.5 Å². The van der Waals surface area contributed by atoms with E-state index >= 15 is 0 Å². The van der Waals surface area contributed by atoms with Crippen LogP contribution in [0.2, 0.25) is 0 Å². The van der Waals surface area contributed by atoms with Crippen LogP contribution in [0.25, 0.3) is 0 Å². The summed E-state index contributed by atoms with van der Waals surface area (Å²) in [6.07, 6.45) is 1.56. The number of aromatic nitrogens is 1. The van der Waals surface area contributed by atoms with E-state index in [2.05, 4.69) is 10.3 Å². The zero-order valence-electron chi connectivity index (χ0n) is 9.15. The molecule has 0 amide bonds. The molecule has 5 heteroatoms. The van der Waals surface area contributed by atoms with Crippen molar-refractivity contribution in [2.45, 2.75) is 18.4 Å². The van der Waals surface area contributed by atoms with E-state index in [4.69, 9.17) is 10.5 Å². The Morgan fingerprint density at radius 1 is 1.44 bits per heavy atom. The van der Waals surface area contributed by atoms with E-state index in [1.54, 1.807) is 6.07 Å². The van der Waals surface area contributed by atoms with Crippen molar-refractivity contribution in [1.82, 2.24) is 4.98 Å². The quantitative estimate of drug-likeness (QED) is 0.700. The lowest BCUT2D eigenvalue weighted by molar-refractivity contribution is 0.0378. The summed E-state index contributed by atoms with van der Waals surface area (Å²) in [6.45, 7) is 1.40. The molecule has 0 saturated carbocycles. The molecule has 0 aromatic carbocycles. The molecule has 1 saturated heterocycles. The van der Waals surface area contributed by atoms with Gasteiger partial charge in [0.2, 0.25) is 0 Å². The third-order valence-electron chi connectivity index (χ3n) is 2.92. The van der Waals surface area contributed by atoms with Crippen LogP contribution in [0.1, 0.15) is 12.8 Å². The van der Waals surface area contributed by atoms with Gasteiger partial charge in [-0.25, -0.2) is 4.98 Å². The van der Waals surface area contributed by atoms with E-state index in [1.807, 2.05) is 12.1 Å². The molecule has 1 aromatic heterocycles. The van der Waals surface area contributed by atoms with Crippen molar-refractivity contribution < 1.29 is 9.84 Å². The number of hydrogen-bond acceptors (Lipinski definition) is 5. The van der Waals surface area contributed by atoms with Gasteiger partial charge in [0.1, 0.15) is 11.6 Å². The maximum absolute atomic E-state index is 9.50. The lowest BCUT2D eigenvalue weighted by Crippen LogP contribution is -2.47. The minimum absolute atomic E-state index is 0.0762. The van der Waals surface area contributed by atoms with Gasteiger partial charge in [0.05, 0.1) is 12.1 Å². The van der Waals surface area contributed by atoms with Crippen molar-refractivity contribution in [2.24, 2.45) is 0 Å². The number of hydrogen-bond donors (Lipinski definition) is 3. The van der Waals surface area contributed by atoms with E-state index in [9.17, 15) is 5.11 Å². The molecule has 5 nitrogen and oxygen atoms in total. The third-order valence-corrected chi connectivity index (χ3v) is 2.92. The summed E-state index contributed by atoms with van der Waals surface area (Å²) in [7, 11) is 0. The maximum atomic E-state index is 9.50. The van der Waals surface area contributed by atoms with Crippen molar-refractivity contribution in [2.75, 3.05) is 30.9 Å². The fraction of sp³-hybridized carbons (Fsp3) is 0.545. The van der Waals surface area contributed by atoms with Gasteiger partial charge in [0.25, 0.3) is 0 Å². The monoisotopic (exact) mass is 223 g/mol. The molecule has 0 spiro atoms. The van der Waals surface area contributed by atoms with Crippen LogP contribution in [0, 0.1) is 0 Å². The Hall–Kier alpha value is -1.33. The number of aliphatic hydroxyl groups excluding tert-OH is 1. The van der Waals surface area contributed by atoms with Gasteiger partial charge < -0.3 is 20.9 Å². The molecule has 88 valence electrons. The lowest BCUT2D eigenvalue weighted by Gasteiger charge is -2.36. The van der Waals surface area contributed by atoms with Crippen LogP contribution in [0.15, 0.2) is 18.2 Å². The highest BCUT2D eigenvalue weighted by Crippen LogP contribution is 2.24. The predicted molar refractivity (Wildman–Crippen MR) is 62.1 cm³/mol. The van der Waals surface area contributed by atoms with Gasteiger partial charge in [0, 0.05) is 13.2 Å². The number of anilines is 2. The first-order valence-corrected chi connectivity index (χ1v) is 5.43. The lowest BCUT2D eigenvalue weighted by atomic mass is 9.91. The van der Waals surface area contributed by atoms with Crippen molar-refractivity contribution >= 4 is 11.6 Å². The van der Waals surface area contributed by atoms with Crippen molar-refractivity contribution in [3.8, 4) is 0 Å². The third kappa shape index (κ3) is 2.43. The summed E-state index contributed by atoms with van der Waals surface area (Å²) in [5.74, 6) is 1.18. The smallest absolute Gasteiger partial charge is 0.128 e. The van der Waals surface area contributed by atoms with Gasteiger partial charge in [-0.3, -0.25) is 0 Å². The zero-order valence-corrected chi connectivity index (χ0v) is 9.15. The average Bonchev–Trinajstić information content (AvgIpc) is 2.30. The number of nitrogen functional groups attached to an aromatic ring is 1. The van der Waals surface area contributed by atoms with Gasteiger partial charge in [-0.15, -0.1) is 0 Å². The summed E-state index contributed by atoms with van der Waals surface area (Å²) in [4.78, 5) is 4.18. The molecule has 1 aliphatic heterocycles. The standard InChI is InChI=1S/C11H17N3O2/c12-9-2-1-3-10(13-9)14-11(8-15)4-6-16-7-5-11/h1-3,15H,4-8H2,(H3,12,13,14). The number of nitrogens with zero attached hydrogens (tertiary/aromatic N) is 1. The Kier molecular flexibility index (Phi) is 3.26. The second-order valence-electron chi connectivity index (χ2n) is 4.12. The number of rotatable bonds is 3. The Morgan fingerprint density at radius 3 is 2.81 bits per heavy atom. The van der Waals surface area contributed by atoms with E-state index in [0.717, 1.165) is 12.8 Å². The van der Waals surface area contributed by atoms with Crippen molar-refractivity contribution in [1.29, 1.82) is 0 Å². The van der Waals surface area contributed by atoms with Gasteiger partial charge in [-0.1, -0.05) is 6.07 Å². The van der Waals surface area contributed by atoms with Crippen LogP contribution < -0.4 is 11.1 Å². The molecule has 0 radical (unpaired) electrons. The highest BCUT2D eigenvalue weighted by Gasteiger charge is 2.32. The van der Waals surface area contributed by atoms with Crippen LogP contribution in [-0.2, 0) is 4.74 Å². The van der Waals surface area contributed by atoms with E-state index in [-0.39, 0.29) is 12.1 Å². The largest absolute Gasteiger partial charge is 0.394 e. The molecule has 0 unspecified atom stereocenters. The minimum atomic E-state index is -0.320. The summed E-state index contributed by atoms with van der Waals surface area (Å²) in [6, 6.07) is 5.43. The van der Waals surface area contributed by atoms with E-state index in [0.29, 0.717) is 24.8 Å². The topological polar surface area (TPSA) is 80.4 Å². The van der Waals surface area contributed by atoms with Gasteiger partial charge in [-0.2, -0.15) is 0 Å². The van der Waals surface area contributed by atoms with E-state index in [1.165, 1.54) is 0 Å². The van der Waals surface area contributed by atoms with Gasteiger partial charge in [0.15, 0.2) is 0 Å². The normalized spacial score (nSPS) is 19.3. The molecule has 1 fully saturated rings. The number of nitrogens with two attached hydrogens (primary N) is 1. The Balaban J connectivity index is 2.11. The highest BCUT2D eigenvalue weighted by atomic mass is 16.5. The molecular formula is C11H17N3O2. The van der Waals surface area contributed by atoms with Crippen LogP contribution in [0.5, 0.6) is 0 Å². The Labute approximate surface area is 94.6 Å². The van der Waals surface area contributed by atoms with Crippen molar-refractivity contribution in [3.63, 3.8) is 0 Å². The van der Waals surface area contributed by atoms with Gasteiger partial charge >= 0.3 is 0 Å². The fourth-order valence-corrected chi connectivity index (χ4v) is 1.88. The first-order valence-electron chi connectivity index (χ1n) is 5.43. The number of nitrogens with one attached hydrogen (secondary N) is 1. The minimum Gasteiger partial charge on any atom is -0.394 e. The molecule has 2 heterocycles. The maximum Gasteiger partial charge on any atom is 0.128 e. The molecule has 2 rings (SSSR count). The first-order chi connectivity index (χ1) is 7.74. The van der Waals surface area contributed by atoms with Crippen LogP contribution in [0.3, 0.4) is 0 Å². The molecule has 0 atom stereocenters. The number of pyridine rings is 1. The number of aliphatic hydroxyl groups is 1. The summed E-state index contributed by atoms with van der Waals surface area (Å²) >= 11 is 0.